The van der Waals surface area contributed by atoms with Crippen LogP contribution in [0.3, 0.4) is 0 Å². The SMILES string of the molecule is O=S(=O)([O-])[O-].S=C=S.S=C=S.[Na+].[Na+]. The number of thiocarbonyl (C=S) groups is 4. The zero-order chi connectivity index (χ0) is 9.91. The van der Waals surface area contributed by atoms with E-state index in [-0.39, 0.29) is 59.1 Å². The van der Waals surface area contributed by atoms with Gasteiger partial charge in [-0.1, -0.05) is 0 Å². The second-order valence-corrected chi connectivity index (χ2v) is 2.72. The van der Waals surface area contributed by atoms with Crippen LogP contribution in [0.15, 0.2) is 0 Å². The summed E-state index contributed by atoms with van der Waals surface area (Å²) in [5.41, 5.74) is 0. The normalized spacial score (nSPS) is 5.69. The fraction of sp³-hybridized carbons (Fsp3) is 0. The van der Waals surface area contributed by atoms with E-state index in [2.05, 4.69) is 48.9 Å². The van der Waals surface area contributed by atoms with Crippen LogP contribution < -0.4 is 59.1 Å². The minimum absolute atomic E-state index is 0. The Bertz CT molecular complexity index is 215. The van der Waals surface area contributed by atoms with Crippen LogP contribution in [0.4, 0.5) is 0 Å². The summed E-state index contributed by atoms with van der Waals surface area (Å²) in [6, 6.07) is 0. The Labute approximate surface area is 142 Å². The van der Waals surface area contributed by atoms with Gasteiger partial charge in [-0.25, -0.2) is 0 Å². The van der Waals surface area contributed by atoms with Gasteiger partial charge in [0.2, 0.25) is 0 Å². The fourth-order valence-corrected chi connectivity index (χ4v) is 0. The predicted octanol–water partition coefficient (Wildman–Crippen LogP) is -5.29. The van der Waals surface area contributed by atoms with Crippen LogP contribution in [0.1, 0.15) is 0 Å². The Morgan fingerprint density at radius 3 is 0.846 bits per heavy atom. The molecule has 0 fully saturated rings. The van der Waals surface area contributed by atoms with Gasteiger partial charge < -0.3 is 9.11 Å². The van der Waals surface area contributed by atoms with Crippen molar-refractivity contribution in [1.82, 2.24) is 0 Å². The molecule has 0 amide bonds. The Hall–Kier alpha value is 2.31. The third-order valence-electron chi connectivity index (χ3n) is 0. The van der Waals surface area contributed by atoms with Crippen molar-refractivity contribution in [3.05, 3.63) is 0 Å². The molecule has 0 aromatic rings. The maximum Gasteiger partial charge on any atom is 1.00 e. The number of hydrogen-bond acceptors (Lipinski definition) is 8. The molecule has 64 valence electrons. The predicted molar refractivity (Wildman–Crippen MR) is 50.9 cm³/mol. The van der Waals surface area contributed by atoms with Gasteiger partial charge in [0.15, 0.2) is 0 Å². The minimum atomic E-state index is -5.17. The molecule has 0 atom stereocenters. The fourth-order valence-electron chi connectivity index (χ4n) is 0. The smallest absolute Gasteiger partial charge is 0.759 e. The molecule has 0 aromatic carbocycles. The van der Waals surface area contributed by atoms with Gasteiger partial charge in [-0.15, -0.1) is 0 Å². The zero-order valence-electron chi connectivity index (χ0n) is 6.67. The van der Waals surface area contributed by atoms with Gasteiger partial charge in [0.25, 0.3) is 0 Å². The van der Waals surface area contributed by atoms with Crippen LogP contribution in [0.25, 0.3) is 0 Å². The van der Waals surface area contributed by atoms with E-state index >= 15 is 0 Å². The summed E-state index contributed by atoms with van der Waals surface area (Å²) in [5.74, 6) is 0. The monoisotopic (exact) mass is 294 g/mol. The molecule has 0 unspecified atom stereocenters. The summed E-state index contributed by atoms with van der Waals surface area (Å²) in [5, 5.41) is 0. The van der Waals surface area contributed by atoms with Crippen LogP contribution in [0, 0.1) is 0 Å². The van der Waals surface area contributed by atoms with E-state index < -0.39 is 10.4 Å². The van der Waals surface area contributed by atoms with E-state index in [1.165, 1.54) is 0 Å². The second-order valence-electron chi connectivity index (χ2n) is 0.575. The number of rotatable bonds is 0. The molecule has 0 spiro atoms. The first-order chi connectivity index (χ1) is 4.83. The van der Waals surface area contributed by atoms with E-state index in [0.717, 1.165) is 0 Å². The van der Waals surface area contributed by atoms with E-state index in [4.69, 9.17) is 17.5 Å². The van der Waals surface area contributed by atoms with E-state index in [1.54, 1.807) is 0 Å². The molecule has 0 saturated carbocycles. The third kappa shape index (κ3) is 406. The molecule has 0 radical (unpaired) electrons. The van der Waals surface area contributed by atoms with Crippen LogP contribution in [0.5, 0.6) is 0 Å². The first-order valence-corrected chi connectivity index (χ1v) is 4.45. The molecule has 0 N–H and O–H groups in total. The van der Waals surface area contributed by atoms with Crippen molar-refractivity contribution in [3.8, 4) is 0 Å². The Kier molecular flexibility index (Phi) is 54.1. The van der Waals surface area contributed by atoms with Gasteiger partial charge in [-0.2, -0.15) is 0 Å². The van der Waals surface area contributed by atoms with Crippen molar-refractivity contribution < 1.29 is 76.6 Å². The van der Waals surface area contributed by atoms with E-state index in [1.807, 2.05) is 8.63 Å². The summed E-state index contributed by atoms with van der Waals surface area (Å²) in [6.45, 7) is 0. The largest absolute Gasteiger partial charge is 1.00 e. The number of hydrogen-bond donors (Lipinski definition) is 0. The van der Waals surface area contributed by atoms with Gasteiger partial charge in [0, 0.05) is 19.0 Å². The van der Waals surface area contributed by atoms with Crippen molar-refractivity contribution in [2.45, 2.75) is 0 Å². The van der Waals surface area contributed by atoms with Crippen LogP contribution in [-0.2, 0) is 10.4 Å². The molecule has 0 saturated heterocycles. The maximum absolute atomic E-state index is 8.52. The summed E-state index contributed by atoms with van der Waals surface area (Å²) >= 11 is 15.8. The molecule has 0 bridgehead atoms. The average Bonchev–Trinajstić information content (AvgIpc) is 1.62. The molecule has 0 aliphatic heterocycles. The topological polar surface area (TPSA) is 80.3 Å². The summed E-state index contributed by atoms with van der Waals surface area (Å²) < 4.78 is 37.9. The molecule has 0 aliphatic rings. The summed E-state index contributed by atoms with van der Waals surface area (Å²) in [4.78, 5) is 0. The molecule has 0 rings (SSSR count). The molecule has 0 aliphatic carbocycles. The first-order valence-electron chi connectivity index (χ1n) is 1.48. The van der Waals surface area contributed by atoms with Gasteiger partial charge in [0.1, 0.15) is 0 Å². The molecule has 0 heterocycles. The summed E-state index contributed by atoms with van der Waals surface area (Å²) in [6.07, 6.45) is 0. The van der Waals surface area contributed by atoms with Crippen molar-refractivity contribution in [1.29, 1.82) is 0 Å². The summed E-state index contributed by atoms with van der Waals surface area (Å²) in [7, 11) is -5.17. The average molecular weight is 294 g/mol. The van der Waals surface area contributed by atoms with Crippen molar-refractivity contribution >= 4 is 67.9 Å². The van der Waals surface area contributed by atoms with Gasteiger partial charge in [-0.05, 0) is 48.9 Å². The Balaban J connectivity index is -0.0000000240. The van der Waals surface area contributed by atoms with Gasteiger partial charge in [0.05, 0.1) is 0 Å². The third-order valence-corrected chi connectivity index (χ3v) is 0. The van der Waals surface area contributed by atoms with Crippen LogP contribution in [-0.4, -0.2) is 26.2 Å². The van der Waals surface area contributed by atoms with Crippen LogP contribution >= 0.6 is 48.9 Å². The standard InChI is InChI=1S/2CS2.2Na.H2O4S/c2*2-1-3;;;1-5(2,3)4/h;;;;(H2,1,2,3,4)/q;;2*+1;/p-2. The quantitative estimate of drug-likeness (QED) is 0.190. The molecule has 0 aromatic heterocycles. The van der Waals surface area contributed by atoms with Gasteiger partial charge in [-0.3, -0.25) is 8.42 Å². The van der Waals surface area contributed by atoms with Crippen molar-refractivity contribution in [3.63, 3.8) is 0 Å². The first kappa shape index (κ1) is 29.5. The molecule has 11 heteroatoms. The van der Waals surface area contributed by atoms with E-state index in [0.29, 0.717) is 0 Å². The zero-order valence-corrected chi connectivity index (χ0v) is 14.8. The van der Waals surface area contributed by atoms with E-state index in [9.17, 15) is 0 Å². The van der Waals surface area contributed by atoms with Crippen molar-refractivity contribution in [2.75, 3.05) is 0 Å². The molecular formula is C2Na2O4S5. The van der Waals surface area contributed by atoms with Crippen molar-refractivity contribution in [2.24, 2.45) is 0 Å². The Morgan fingerprint density at radius 1 is 0.846 bits per heavy atom. The van der Waals surface area contributed by atoms with Crippen LogP contribution in [0.2, 0.25) is 0 Å². The second kappa shape index (κ2) is 23.8. The molecule has 4 nitrogen and oxygen atoms in total. The molecular weight excluding hydrogens is 294 g/mol. The maximum atomic E-state index is 8.52. The Morgan fingerprint density at radius 2 is 0.846 bits per heavy atom. The van der Waals surface area contributed by atoms with Gasteiger partial charge >= 0.3 is 59.1 Å². The molecule has 13 heavy (non-hydrogen) atoms. The minimum Gasteiger partial charge on any atom is -0.759 e.